The average molecular weight is 367 g/mol. The second-order valence-electron chi connectivity index (χ2n) is 5.95. The third kappa shape index (κ3) is 4.44. The molecule has 0 radical (unpaired) electrons. The molecule has 140 valence electrons. The van der Waals surface area contributed by atoms with Crippen molar-refractivity contribution in [1.82, 2.24) is 15.5 Å². The Morgan fingerprint density at radius 2 is 1.81 bits per heavy atom. The molecule has 3 aromatic rings. The first-order valence-electron chi connectivity index (χ1n) is 8.50. The van der Waals surface area contributed by atoms with E-state index in [4.69, 9.17) is 14.0 Å². The van der Waals surface area contributed by atoms with Gasteiger partial charge in [-0.3, -0.25) is 4.79 Å². The average Bonchev–Trinajstić information content (AvgIpc) is 3.16. The standard InChI is InChI=1S/C20H21N3O4/c1-13-4-6-14(7-5-13)20(24)21-11-10-18-22-19(23-27-18)15-8-9-16(25-2)17(12-15)26-3/h4-9,12H,10-11H2,1-3H3,(H,21,24). The van der Waals surface area contributed by atoms with E-state index in [2.05, 4.69) is 15.5 Å². The van der Waals surface area contributed by atoms with E-state index in [1.165, 1.54) is 0 Å². The lowest BCUT2D eigenvalue weighted by Crippen LogP contribution is -2.25. The van der Waals surface area contributed by atoms with Gasteiger partial charge in [0.25, 0.3) is 5.91 Å². The minimum Gasteiger partial charge on any atom is -0.493 e. The van der Waals surface area contributed by atoms with Gasteiger partial charge in [0, 0.05) is 24.1 Å². The predicted molar refractivity (Wildman–Crippen MR) is 100 cm³/mol. The number of ether oxygens (including phenoxy) is 2. The zero-order valence-corrected chi connectivity index (χ0v) is 15.5. The van der Waals surface area contributed by atoms with E-state index in [1.54, 1.807) is 38.5 Å². The molecule has 0 atom stereocenters. The molecule has 0 saturated carbocycles. The number of aromatic nitrogens is 2. The number of benzene rings is 2. The van der Waals surface area contributed by atoms with Crippen LogP contribution in [0.15, 0.2) is 47.0 Å². The number of carbonyl (C=O) groups is 1. The van der Waals surface area contributed by atoms with Crippen molar-refractivity contribution in [2.24, 2.45) is 0 Å². The lowest BCUT2D eigenvalue weighted by molar-refractivity contribution is 0.0953. The molecule has 0 aliphatic rings. The van der Waals surface area contributed by atoms with Gasteiger partial charge in [-0.2, -0.15) is 4.98 Å². The highest BCUT2D eigenvalue weighted by Crippen LogP contribution is 2.31. The fourth-order valence-electron chi connectivity index (χ4n) is 2.54. The third-order valence-electron chi connectivity index (χ3n) is 4.05. The van der Waals surface area contributed by atoms with Gasteiger partial charge >= 0.3 is 0 Å². The van der Waals surface area contributed by atoms with E-state index in [-0.39, 0.29) is 5.91 Å². The maximum absolute atomic E-state index is 12.1. The molecule has 7 heteroatoms. The van der Waals surface area contributed by atoms with Gasteiger partial charge in [-0.15, -0.1) is 0 Å². The van der Waals surface area contributed by atoms with Crippen LogP contribution >= 0.6 is 0 Å². The molecule has 2 aromatic carbocycles. The van der Waals surface area contributed by atoms with Gasteiger partial charge in [0.1, 0.15) is 0 Å². The quantitative estimate of drug-likeness (QED) is 0.691. The lowest BCUT2D eigenvalue weighted by atomic mass is 10.1. The molecule has 3 rings (SSSR count). The highest BCUT2D eigenvalue weighted by atomic mass is 16.5. The first-order chi connectivity index (χ1) is 13.1. The van der Waals surface area contributed by atoms with Gasteiger partial charge in [-0.1, -0.05) is 22.9 Å². The summed E-state index contributed by atoms with van der Waals surface area (Å²) in [7, 11) is 3.15. The van der Waals surface area contributed by atoms with E-state index >= 15 is 0 Å². The Hall–Kier alpha value is -3.35. The molecule has 1 aromatic heterocycles. The Bertz CT molecular complexity index is 919. The second-order valence-corrected chi connectivity index (χ2v) is 5.95. The molecule has 0 unspecified atom stereocenters. The monoisotopic (exact) mass is 367 g/mol. The number of hydrogen-bond acceptors (Lipinski definition) is 6. The van der Waals surface area contributed by atoms with Crippen LogP contribution in [0.25, 0.3) is 11.4 Å². The lowest BCUT2D eigenvalue weighted by Gasteiger charge is -2.07. The van der Waals surface area contributed by atoms with Gasteiger partial charge < -0.3 is 19.3 Å². The molecular formula is C20H21N3O4. The summed E-state index contributed by atoms with van der Waals surface area (Å²) in [6, 6.07) is 12.8. The van der Waals surface area contributed by atoms with Gasteiger partial charge in [0.15, 0.2) is 11.5 Å². The molecule has 0 aliphatic heterocycles. The van der Waals surface area contributed by atoms with Gasteiger partial charge in [-0.05, 0) is 37.3 Å². The maximum atomic E-state index is 12.1. The molecular weight excluding hydrogens is 346 g/mol. The van der Waals surface area contributed by atoms with Crippen molar-refractivity contribution in [3.63, 3.8) is 0 Å². The molecule has 1 amide bonds. The molecule has 27 heavy (non-hydrogen) atoms. The Morgan fingerprint density at radius 3 is 2.52 bits per heavy atom. The first-order valence-corrected chi connectivity index (χ1v) is 8.50. The summed E-state index contributed by atoms with van der Waals surface area (Å²) in [5.74, 6) is 1.99. The molecule has 0 spiro atoms. The van der Waals surface area contributed by atoms with Crippen molar-refractivity contribution in [3.05, 3.63) is 59.5 Å². The van der Waals surface area contributed by atoms with Gasteiger partial charge in [-0.25, -0.2) is 0 Å². The fraction of sp³-hybridized carbons (Fsp3) is 0.250. The van der Waals surface area contributed by atoms with Gasteiger partial charge in [0.2, 0.25) is 11.7 Å². The normalized spacial score (nSPS) is 10.5. The molecule has 1 N–H and O–H groups in total. The summed E-state index contributed by atoms with van der Waals surface area (Å²) in [6.07, 6.45) is 0.442. The number of amides is 1. The zero-order valence-electron chi connectivity index (χ0n) is 15.5. The zero-order chi connectivity index (χ0) is 19.2. The fourth-order valence-corrected chi connectivity index (χ4v) is 2.54. The summed E-state index contributed by atoms with van der Waals surface area (Å²) < 4.78 is 15.8. The van der Waals surface area contributed by atoms with Crippen molar-refractivity contribution < 1.29 is 18.8 Å². The van der Waals surface area contributed by atoms with Crippen molar-refractivity contribution in [2.75, 3.05) is 20.8 Å². The summed E-state index contributed by atoms with van der Waals surface area (Å²) in [5, 5.41) is 6.83. The topological polar surface area (TPSA) is 86.5 Å². The van der Waals surface area contributed by atoms with Crippen LogP contribution < -0.4 is 14.8 Å². The third-order valence-corrected chi connectivity index (χ3v) is 4.05. The summed E-state index contributed by atoms with van der Waals surface area (Å²) in [4.78, 5) is 16.5. The van der Waals surface area contributed by atoms with Crippen molar-refractivity contribution in [2.45, 2.75) is 13.3 Å². The number of nitrogens with one attached hydrogen (secondary N) is 1. The highest BCUT2D eigenvalue weighted by molar-refractivity contribution is 5.94. The van der Waals surface area contributed by atoms with E-state index < -0.39 is 0 Å². The van der Waals surface area contributed by atoms with Crippen LogP contribution in [0.1, 0.15) is 21.8 Å². The Kier molecular flexibility index (Phi) is 5.71. The molecule has 0 aliphatic carbocycles. The molecule has 7 nitrogen and oxygen atoms in total. The Morgan fingerprint density at radius 1 is 1.07 bits per heavy atom. The van der Waals surface area contributed by atoms with E-state index in [1.807, 2.05) is 25.1 Å². The summed E-state index contributed by atoms with van der Waals surface area (Å²) in [6.45, 7) is 2.38. The summed E-state index contributed by atoms with van der Waals surface area (Å²) >= 11 is 0. The maximum Gasteiger partial charge on any atom is 0.251 e. The number of aryl methyl sites for hydroxylation is 1. The Labute approximate surface area is 157 Å². The smallest absolute Gasteiger partial charge is 0.251 e. The van der Waals surface area contributed by atoms with E-state index in [9.17, 15) is 4.79 Å². The van der Waals surface area contributed by atoms with E-state index in [0.717, 1.165) is 11.1 Å². The van der Waals surface area contributed by atoms with Crippen molar-refractivity contribution >= 4 is 5.91 Å². The van der Waals surface area contributed by atoms with Crippen molar-refractivity contribution in [3.8, 4) is 22.9 Å². The van der Waals surface area contributed by atoms with Crippen LogP contribution in [-0.2, 0) is 6.42 Å². The first kappa shape index (κ1) is 18.4. The van der Waals surface area contributed by atoms with Crippen molar-refractivity contribution in [1.29, 1.82) is 0 Å². The Balaban J connectivity index is 1.59. The van der Waals surface area contributed by atoms with Gasteiger partial charge in [0.05, 0.1) is 14.2 Å². The number of methoxy groups -OCH3 is 2. The largest absolute Gasteiger partial charge is 0.493 e. The van der Waals surface area contributed by atoms with Crippen LogP contribution in [0, 0.1) is 6.92 Å². The number of nitrogens with zero attached hydrogens (tertiary/aromatic N) is 2. The number of rotatable bonds is 7. The minimum atomic E-state index is -0.130. The van der Waals surface area contributed by atoms with Crippen LogP contribution in [-0.4, -0.2) is 36.8 Å². The van der Waals surface area contributed by atoms with Crippen LogP contribution in [0.3, 0.4) is 0 Å². The molecule has 0 saturated heterocycles. The summed E-state index contributed by atoms with van der Waals surface area (Å²) in [5.41, 5.74) is 2.49. The minimum absolute atomic E-state index is 0.130. The van der Waals surface area contributed by atoms with Crippen LogP contribution in [0.2, 0.25) is 0 Å². The van der Waals surface area contributed by atoms with E-state index in [0.29, 0.717) is 41.7 Å². The second kappa shape index (κ2) is 8.35. The number of carbonyl (C=O) groups excluding carboxylic acids is 1. The van der Waals surface area contributed by atoms with Crippen LogP contribution in [0.4, 0.5) is 0 Å². The number of hydrogen-bond donors (Lipinski definition) is 1. The predicted octanol–water partition coefficient (Wildman–Crippen LogP) is 3.03. The SMILES string of the molecule is COc1ccc(-c2noc(CCNC(=O)c3ccc(C)cc3)n2)cc1OC. The molecule has 1 heterocycles. The molecule has 0 fully saturated rings. The van der Waals surface area contributed by atoms with Crippen LogP contribution in [0.5, 0.6) is 11.5 Å². The molecule has 0 bridgehead atoms. The highest BCUT2D eigenvalue weighted by Gasteiger charge is 2.12.